The molecule has 0 spiro atoms. The largest absolute Gasteiger partial charge is 0.365 e. The van der Waals surface area contributed by atoms with Crippen molar-refractivity contribution in [3.05, 3.63) is 35.5 Å². The monoisotopic (exact) mass is 381 g/mol. The van der Waals surface area contributed by atoms with Gasteiger partial charge in [0, 0.05) is 29.7 Å². The van der Waals surface area contributed by atoms with Crippen LogP contribution < -0.4 is 27.4 Å². The van der Waals surface area contributed by atoms with E-state index in [9.17, 15) is 9.59 Å². The van der Waals surface area contributed by atoms with Crippen LogP contribution in [0.1, 0.15) is 41.6 Å². The van der Waals surface area contributed by atoms with Gasteiger partial charge in [-0.3, -0.25) is 9.59 Å². The highest BCUT2D eigenvalue weighted by molar-refractivity contribution is 6.00. The molecular formula is C19H23N7O2. The van der Waals surface area contributed by atoms with Crippen LogP contribution in [0.15, 0.2) is 24.4 Å². The number of amides is 2. The van der Waals surface area contributed by atoms with E-state index in [1.807, 2.05) is 18.2 Å². The van der Waals surface area contributed by atoms with Crippen LogP contribution in [-0.4, -0.2) is 33.9 Å². The smallest absolute Gasteiger partial charge is 0.254 e. The number of nitrogens with two attached hydrogens (primary N) is 2. The van der Waals surface area contributed by atoms with E-state index in [0.29, 0.717) is 23.9 Å². The average Bonchev–Trinajstić information content (AvgIpc) is 3.03. The highest BCUT2D eigenvalue weighted by Gasteiger charge is 2.23. The minimum absolute atomic E-state index is 0.0395. The summed E-state index contributed by atoms with van der Waals surface area (Å²) in [5.41, 5.74) is 14.2. The first-order valence-electron chi connectivity index (χ1n) is 9.38. The number of carbonyl (C=O) groups excluding carboxylic acids is 2. The summed E-state index contributed by atoms with van der Waals surface area (Å²) in [6, 6.07) is 5.61. The van der Waals surface area contributed by atoms with Crippen LogP contribution in [0.2, 0.25) is 0 Å². The molecule has 2 amide bonds. The Balaban J connectivity index is 1.59. The standard InChI is InChI=1S/C19H23N7O2/c20-13-3-1-2-4-15(13)25-19-22-9-12(17(21)28)18(26-19)23-11-5-6-14-10(7-11)8-16(27)24-14/h5-7,9,13,15H,1-4,8,20H2,(H2,21,28)(H,24,27)(H2,22,23,25,26)/t13-,15+/m0/s1. The summed E-state index contributed by atoms with van der Waals surface area (Å²) in [7, 11) is 0. The molecule has 2 atom stereocenters. The number of fused-ring (bicyclic) bond motifs is 1. The van der Waals surface area contributed by atoms with Gasteiger partial charge in [-0.1, -0.05) is 12.8 Å². The molecule has 1 aliphatic carbocycles. The van der Waals surface area contributed by atoms with Crippen LogP contribution in [0.3, 0.4) is 0 Å². The van der Waals surface area contributed by atoms with E-state index in [4.69, 9.17) is 11.5 Å². The van der Waals surface area contributed by atoms with Gasteiger partial charge in [-0.2, -0.15) is 4.98 Å². The summed E-state index contributed by atoms with van der Waals surface area (Å²) in [5, 5.41) is 9.19. The molecule has 0 saturated heterocycles. The number of benzene rings is 1. The van der Waals surface area contributed by atoms with Gasteiger partial charge in [0.1, 0.15) is 11.4 Å². The fourth-order valence-corrected chi connectivity index (χ4v) is 3.68. The summed E-state index contributed by atoms with van der Waals surface area (Å²) in [4.78, 5) is 32.0. The molecule has 2 aliphatic rings. The van der Waals surface area contributed by atoms with Gasteiger partial charge in [0.15, 0.2) is 0 Å². The lowest BCUT2D eigenvalue weighted by atomic mass is 9.91. The summed E-state index contributed by atoms with van der Waals surface area (Å²) >= 11 is 0. The number of hydrogen-bond donors (Lipinski definition) is 5. The second-order valence-electron chi connectivity index (χ2n) is 7.24. The molecule has 146 valence electrons. The summed E-state index contributed by atoms with van der Waals surface area (Å²) in [5.74, 6) is 0.0446. The fourth-order valence-electron chi connectivity index (χ4n) is 3.68. The normalized spacial score (nSPS) is 21.0. The van der Waals surface area contributed by atoms with Crippen molar-refractivity contribution in [2.45, 2.75) is 44.2 Å². The van der Waals surface area contributed by atoms with Gasteiger partial charge in [0.2, 0.25) is 11.9 Å². The molecule has 1 aromatic heterocycles. The van der Waals surface area contributed by atoms with Crippen LogP contribution >= 0.6 is 0 Å². The van der Waals surface area contributed by atoms with Crippen molar-refractivity contribution in [3.8, 4) is 0 Å². The van der Waals surface area contributed by atoms with Crippen LogP contribution in [0.25, 0.3) is 0 Å². The Bertz CT molecular complexity index is 930. The summed E-state index contributed by atoms with van der Waals surface area (Å²) < 4.78 is 0. The number of rotatable bonds is 5. The summed E-state index contributed by atoms with van der Waals surface area (Å²) in [6.07, 6.45) is 5.89. The van der Waals surface area contributed by atoms with Crippen LogP contribution in [0.4, 0.5) is 23.1 Å². The van der Waals surface area contributed by atoms with E-state index in [2.05, 4.69) is 25.9 Å². The molecule has 7 N–H and O–H groups in total. The highest BCUT2D eigenvalue weighted by Crippen LogP contribution is 2.28. The number of nitrogens with one attached hydrogen (secondary N) is 3. The minimum Gasteiger partial charge on any atom is -0.365 e. The van der Waals surface area contributed by atoms with Crippen molar-refractivity contribution in [1.29, 1.82) is 0 Å². The van der Waals surface area contributed by atoms with Crippen molar-refractivity contribution in [2.75, 3.05) is 16.0 Å². The van der Waals surface area contributed by atoms with Crippen molar-refractivity contribution in [1.82, 2.24) is 9.97 Å². The predicted molar refractivity (Wildman–Crippen MR) is 106 cm³/mol. The number of nitrogens with zero attached hydrogens (tertiary/aromatic N) is 2. The van der Waals surface area contributed by atoms with Gasteiger partial charge in [-0.25, -0.2) is 4.98 Å². The maximum absolute atomic E-state index is 11.8. The van der Waals surface area contributed by atoms with E-state index in [1.54, 1.807) is 0 Å². The number of primary amides is 1. The third kappa shape index (κ3) is 3.74. The van der Waals surface area contributed by atoms with Crippen molar-refractivity contribution in [3.63, 3.8) is 0 Å². The molecule has 1 aromatic carbocycles. The molecule has 9 nitrogen and oxygen atoms in total. The van der Waals surface area contributed by atoms with Crippen LogP contribution in [-0.2, 0) is 11.2 Å². The lowest BCUT2D eigenvalue weighted by Gasteiger charge is -2.29. The first kappa shape index (κ1) is 18.2. The van der Waals surface area contributed by atoms with Gasteiger partial charge < -0.3 is 27.4 Å². The van der Waals surface area contributed by atoms with Crippen molar-refractivity contribution < 1.29 is 9.59 Å². The Hall–Kier alpha value is -3.20. The molecule has 2 aromatic rings. The number of hydrogen-bond acceptors (Lipinski definition) is 7. The Morgan fingerprint density at radius 3 is 2.86 bits per heavy atom. The topological polar surface area (TPSA) is 148 Å². The molecular weight excluding hydrogens is 358 g/mol. The van der Waals surface area contributed by atoms with Gasteiger partial charge >= 0.3 is 0 Å². The molecule has 0 bridgehead atoms. The van der Waals surface area contributed by atoms with E-state index >= 15 is 0 Å². The lowest BCUT2D eigenvalue weighted by Crippen LogP contribution is -2.43. The quantitative estimate of drug-likeness (QED) is 0.527. The lowest BCUT2D eigenvalue weighted by molar-refractivity contribution is -0.115. The zero-order chi connectivity index (χ0) is 19.7. The Morgan fingerprint density at radius 2 is 2.07 bits per heavy atom. The maximum atomic E-state index is 11.8. The molecule has 9 heteroatoms. The van der Waals surface area contributed by atoms with E-state index in [0.717, 1.165) is 36.9 Å². The van der Waals surface area contributed by atoms with Gasteiger partial charge in [-0.15, -0.1) is 0 Å². The summed E-state index contributed by atoms with van der Waals surface area (Å²) in [6.45, 7) is 0. The molecule has 1 saturated carbocycles. The van der Waals surface area contributed by atoms with Gasteiger partial charge in [0.05, 0.1) is 6.42 Å². The van der Waals surface area contributed by atoms with Crippen molar-refractivity contribution in [2.24, 2.45) is 11.5 Å². The SMILES string of the molecule is NC(=O)c1cnc(N[C@@H]2CCCC[C@@H]2N)nc1Nc1ccc2c(c1)CC(=O)N2. The number of carbonyl (C=O) groups is 2. The van der Waals surface area contributed by atoms with Crippen molar-refractivity contribution >= 4 is 35.0 Å². The molecule has 1 aliphatic heterocycles. The van der Waals surface area contributed by atoms with E-state index < -0.39 is 5.91 Å². The predicted octanol–water partition coefficient (Wildman–Crippen LogP) is 1.50. The van der Waals surface area contributed by atoms with Crippen LogP contribution in [0.5, 0.6) is 0 Å². The van der Waals surface area contributed by atoms with Crippen LogP contribution in [0, 0.1) is 0 Å². The Morgan fingerprint density at radius 1 is 1.25 bits per heavy atom. The molecule has 2 heterocycles. The van der Waals surface area contributed by atoms with Gasteiger partial charge in [0.25, 0.3) is 5.91 Å². The molecule has 28 heavy (non-hydrogen) atoms. The molecule has 0 unspecified atom stereocenters. The third-order valence-electron chi connectivity index (χ3n) is 5.18. The molecule has 1 fully saturated rings. The zero-order valence-corrected chi connectivity index (χ0v) is 15.4. The first-order valence-corrected chi connectivity index (χ1v) is 9.38. The maximum Gasteiger partial charge on any atom is 0.254 e. The fraction of sp³-hybridized carbons (Fsp3) is 0.368. The molecule has 0 radical (unpaired) electrons. The second kappa shape index (κ2) is 7.43. The third-order valence-corrected chi connectivity index (χ3v) is 5.18. The van der Waals surface area contributed by atoms with Gasteiger partial charge in [-0.05, 0) is 36.6 Å². The van der Waals surface area contributed by atoms with E-state index in [-0.39, 0.29) is 23.6 Å². The Labute approximate surface area is 162 Å². The Kier molecular flexibility index (Phi) is 4.82. The zero-order valence-electron chi connectivity index (χ0n) is 15.4. The first-order chi connectivity index (χ1) is 13.5. The van der Waals surface area contributed by atoms with E-state index in [1.165, 1.54) is 6.20 Å². The highest BCUT2D eigenvalue weighted by atomic mass is 16.2. The second-order valence-corrected chi connectivity index (χ2v) is 7.24. The number of aromatic nitrogens is 2. The minimum atomic E-state index is -0.624. The number of anilines is 4. The molecule has 4 rings (SSSR count). The average molecular weight is 381 g/mol.